The van der Waals surface area contributed by atoms with Gasteiger partial charge in [0.05, 0.1) is 18.6 Å². The number of sulfone groups is 1. The number of amides is 1. The van der Waals surface area contributed by atoms with Crippen LogP contribution >= 0.6 is 0 Å². The second kappa shape index (κ2) is 6.08. The van der Waals surface area contributed by atoms with Crippen molar-refractivity contribution in [3.05, 3.63) is 42.1 Å². The second-order valence-electron chi connectivity index (χ2n) is 6.80. The minimum Gasteiger partial charge on any atom is -0.463 e. The zero-order chi connectivity index (χ0) is 18.4. The van der Waals surface area contributed by atoms with Crippen LogP contribution in [0.4, 0.5) is 0 Å². The Labute approximate surface area is 151 Å². The Bertz CT molecular complexity index is 920. The van der Waals surface area contributed by atoms with E-state index in [1.54, 1.807) is 24.4 Å². The van der Waals surface area contributed by atoms with Crippen LogP contribution < -0.4 is 4.74 Å². The van der Waals surface area contributed by atoms with Crippen LogP contribution in [0.1, 0.15) is 22.7 Å². The Morgan fingerprint density at radius 2 is 2.23 bits per heavy atom. The lowest BCUT2D eigenvalue weighted by atomic mass is 9.83. The lowest BCUT2D eigenvalue weighted by molar-refractivity contribution is 0.0375. The Hall–Kier alpha value is -2.42. The predicted octanol–water partition coefficient (Wildman–Crippen LogP) is 1.09. The quantitative estimate of drug-likeness (QED) is 0.786. The zero-order valence-corrected chi connectivity index (χ0v) is 15.1. The summed E-state index contributed by atoms with van der Waals surface area (Å²) < 4.78 is 35.1. The molecule has 2 fully saturated rings. The maximum atomic E-state index is 12.6. The molecule has 0 saturated carbocycles. The number of aromatic nitrogens is 2. The van der Waals surface area contributed by atoms with Crippen molar-refractivity contribution in [1.29, 1.82) is 0 Å². The van der Waals surface area contributed by atoms with Crippen molar-refractivity contribution >= 4 is 15.7 Å². The molecule has 9 heteroatoms. The van der Waals surface area contributed by atoms with Crippen LogP contribution in [0.15, 0.2) is 35.1 Å². The van der Waals surface area contributed by atoms with E-state index in [2.05, 4.69) is 9.97 Å². The highest BCUT2D eigenvalue weighted by molar-refractivity contribution is 7.93. The monoisotopic (exact) mass is 377 g/mol. The van der Waals surface area contributed by atoms with Gasteiger partial charge in [0.25, 0.3) is 5.91 Å². The van der Waals surface area contributed by atoms with Gasteiger partial charge in [-0.25, -0.2) is 18.4 Å². The van der Waals surface area contributed by atoms with E-state index in [0.29, 0.717) is 6.42 Å². The highest BCUT2D eigenvalue weighted by atomic mass is 32.2. The second-order valence-corrected chi connectivity index (χ2v) is 9.25. The highest BCUT2D eigenvalue weighted by Crippen LogP contribution is 2.45. The molecule has 0 aliphatic carbocycles. The smallest absolute Gasteiger partial charge is 0.316 e. The first-order valence-corrected chi connectivity index (χ1v) is 10.0. The molecule has 4 heterocycles. The number of nitrogens with zero attached hydrogens (tertiary/aromatic N) is 3. The predicted molar refractivity (Wildman–Crippen MR) is 91.5 cm³/mol. The van der Waals surface area contributed by atoms with E-state index in [0.717, 1.165) is 5.69 Å². The van der Waals surface area contributed by atoms with Crippen molar-refractivity contribution in [1.82, 2.24) is 14.9 Å². The van der Waals surface area contributed by atoms with E-state index in [9.17, 15) is 13.2 Å². The SMILES string of the molecule is Cc1ccnc(OC[C@H]2CCS(=O)(=O)C23CN(C(=O)c2ccco2)C3)n1. The Balaban J connectivity index is 1.47. The molecule has 0 aromatic carbocycles. The number of furan rings is 1. The van der Waals surface area contributed by atoms with Crippen molar-refractivity contribution in [3.8, 4) is 6.01 Å². The number of carbonyl (C=O) groups is 1. The molecule has 2 aromatic rings. The standard InChI is InChI=1S/C17H19N3O5S/c1-12-4-6-18-16(19-12)25-9-13-5-8-26(22,23)17(13)10-20(11-17)15(21)14-3-2-7-24-14/h2-4,6-7,13H,5,8-11H2,1H3/t13-/m1/s1. The largest absolute Gasteiger partial charge is 0.463 e. The van der Waals surface area contributed by atoms with Gasteiger partial charge in [0.1, 0.15) is 4.75 Å². The summed E-state index contributed by atoms with van der Waals surface area (Å²) in [6, 6.07) is 5.21. The molecule has 1 spiro atoms. The van der Waals surface area contributed by atoms with Gasteiger partial charge in [-0.05, 0) is 31.5 Å². The van der Waals surface area contributed by atoms with E-state index in [4.69, 9.17) is 9.15 Å². The lowest BCUT2D eigenvalue weighted by Gasteiger charge is -2.49. The molecular weight excluding hydrogens is 358 g/mol. The summed E-state index contributed by atoms with van der Waals surface area (Å²) in [4.78, 5) is 22.1. The third kappa shape index (κ3) is 2.66. The van der Waals surface area contributed by atoms with E-state index < -0.39 is 14.6 Å². The Morgan fingerprint density at radius 1 is 1.42 bits per heavy atom. The summed E-state index contributed by atoms with van der Waals surface area (Å²) in [6.07, 6.45) is 3.54. The van der Waals surface area contributed by atoms with Crippen molar-refractivity contribution in [2.24, 2.45) is 5.92 Å². The van der Waals surface area contributed by atoms with Crippen molar-refractivity contribution in [2.45, 2.75) is 18.1 Å². The first-order valence-electron chi connectivity index (χ1n) is 8.39. The van der Waals surface area contributed by atoms with Gasteiger partial charge in [0.2, 0.25) is 0 Å². The van der Waals surface area contributed by atoms with Gasteiger partial charge in [-0.1, -0.05) is 0 Å². The molecule has 138 valence electrons. The molecule has 4 rings (SSSR count). The lowest BCUT2D eigenvalue weighted by Crippen LogP contribution is -2.68. The minimum absolute atomic E-state index is 0.110. The molecular formula is C17H19N3O5S. The van der Waals surface area contributed by atoms with Crippen LogP contribution in [0.25, 0.3) is 0 Å². The molecule has 2 aliphatic rings. The maximum absolute atomic E-state index is 12.6. The fraction of sp³-hybridized carbons (Fsp3) is 0.471. The number of ether oxygens (including phenoxy) is 1. The van der Waals surface area contributed by atoms with Gasteiger partial charge in [-0.3, -0.25) is 4.79 Å². The van der Waals surface area contributed by atoms with Crippen molar-refractivity contribution < 1.29 is 22.4 Å². The number of hydrogen-bond donors (Lipinski definition) is 0. The highest BCUT2D eigenvalue weighted by Gasteiger charge is 2.63. The van der Waals surface area contributed by atoms with Gasteiger partial charge >= 0.3 is 6.01 Å². The van der Waals surface area contributed by atoms with Gasteiger partial charge < -0.3 is 14.1 Å². The number of likely N-dealkylation sites (tertiary alicyclic amines) is 1. The van der Waals surface area contributed by atoms with Crippen LogP contribution in [0.5, 0.6) is 6.01 Å². The van der Waals surface area contributed by atoms with E-state index >= 15 is 0 Å². The van der Waals surface area contributed by atoms with Crippen LogP contribution in [-0.2, 0) is 9.84 Å². The number of hydrogen-bond acceptors (Lipinski definition) is 7. The van der Waals surface area contributed by atoms with Crippen LogP contribution in [-0.4, -0.2) is 59.4 Å². The first kappa shape index (κ1) is 17.0. The molecule has 1 amide bonds. The average molecular weight is 377 g/mol. The molecule has 0 bridgehead atoms. The summed E-state index contributed by atoms with van der Waals surface area (Å²) in [5.41, 5.74) is 0.780. The molecule has 0 unspecified atom stereocenters. The van der Waals surface area contributed by atoms with Gasteiger partial charge in [0.15, 0.2) is 15.6 Å². The number of aryl methyl sites for hydroxylation is 1. The van der Waals surface area contributed by atoms with Gasteiger partial charge in [0, 0.05) is 30.9 Å². The Morgan fingerprint density at radius 3 is 2.92 bits per heavy atom. The fourth-order valence-electron chi connectivity index (χ4n) is 3.68. The van der Waals surface area contributed by atoms with Crippen LogP contribution in [0.2, 0.25) is 0 Å². The molecule has 0 radical (unpaired) electrons. The fourth-order valence-corrected chi connectivity index (χ4v) is 6.08. The molecule has 2 saturated heterocycles. The molecule has 1 atom stereocenters. The summed E-state index contributed by atoms with van der Waals surface area (Å²) in [5, 5.41) is 0. The number of rotatable bonds is 4. The molecule has 2 aromatic heterocycles. The molecule has 0 N–H and O–H groups in total. The van der Waals surface area contributed by atoms with Gasteiger partial charge in [-0.2, -0.15) is 0 Å². The minimum atomic E-state index is -3.29. The third-order valence-corrected chi connectivity index (χ3v) is 7.82. The van der Waals surface area contributed by atoms with Crippen LogP contribution in [0.3, 0.4) is 0 Å². The Kier molecular flexibility index (Phi) is 3.98. The normalized spacial score (nSPS) is 23.0. The van der Waals surface area contributed by atoms with E-state index in [-0.39, 0.29) is 49.0 Å². The molecule has 2 aliphatic heterocycles. The van der Waals surface area contributed by atoms with Gasteiger partial charge in [-0.15, -0.1) is 0 Å². The van der Waals surface area contributed by atoms with E-state index in [1.165, 1.54) is 11.2 Å². The molecule has 8 nitrogen and oxygen atoms in total. The first-order chi connectivity index (χ1) is 12.4. The van der Waals surface area contributed by atoms with Crippen molar-refractivity contribution in [2.75, 3.05) is 25.4 Å². The maximum Gasteiger partial charge on any atom is 0.316 e. The summed E-state index contributed by atoms with van der Waals surface area (Å²) in [7, 11) is -3.29. The molecule has 26 heavy (non-hydrogen) atoms. The number of carbonyl (C=O) groups excluding carboxylic acids is 1. The van der Waals surface area contributed by atoms with Crippen LogP contribution in [0, 0.1) is 12.8 Å². The van der Waals surface area contributed by atoms with Crippen molar-refractivity contribution in [3.63, 3.8) is 0 Å². The third-order valence-electron chi connectivity index (χ3n) is 5.22. The summed E-state index contributed by atoms with van der Waals surface area (Å²) in [6.45, 7) is 2.38. The summed E-state index contributed by atoms with van der Waals surface area (Å²) in [5.74, 6) is -0.156. The van der Waals surface area contributed by atoms with E-state index in [1.807, 2.05) is 6.92 Å². The zero-order valence-electron chi connectivity index (χ0n) is 14.3. The summed E-state index contributed by atoms with van der Waals surface area (Å²) >= 11 is 0. The average Bonchev–Trinajstić information content (AvgIpc) is 3.17. The topological polar surface area (TPSA) is 103 Å².